The Hall–Kier alpha value is -1.60. The number of hydrogen-bond acceptors (Lipinski definition) is 0. The van der Waals surface area contributed by atoms with Crippen LogP contribution in [0.15, 0.2) is 67.3 Å². The zero-order valence-electron chi connectivity index (χ0n) is 23.7. The standard InChI is InChI=1S/C21H25.C6H10.C5H5.2CH3.Hf/c1-20(2,3)16-7-9-18-14(12-16)11-15-13-17(21(4,5)6)8-10-19(15)18;1-3-5-6-4-2;1-2-4-5-3-1;;;/h7-10,12H,11H2,1-6H3;3H,1,5-6H2,2H3;1-5H;2*1H3;. The first-order chi connectivity index (χ1) is 16.2. The topological polar surface area (TPSA) is 0 Å². The van der Waals surface area contributed by atoms with Crippen LogP contribution in [0.3, 0.4) is 0 Å². The third-order valence-corrected chi connectivity index (χ3v) is 35.8. The summed E-state index contributed by atoms with van der Waals surface area (Å²) in [5, 5.41) is 0. The molecule has 0 heterocycles. The van der Waals surface area contributed by atoms with Crippen LogP contribution in [0.4, 0.5) is 0 Å². The second-order valence-corrected chi connectivity index (χ2v) is 39.1. The molecule has 0 nitrogen and oxygen atoms in total. The molecule has 0 saturated heterocycles. The summed E-state index contributed by atoms with van der Waals surface area (Å²) in [6.45, 7) is 20.8. The number of rotatable bonds is 5. The molecule has 0 aliphatic heterocycles. The quantitative estimate of drug-likeness (QED) is 0.194. The van der Waals surface area contributed by atoms with Crippen LogP contribution in [0.2, 0.25) is 13.0 Å². The summed E-state index contributed by atoms with van der Waals surface area (Å²) in [6, 6.07) is 12.2. The molecule has 35 heavy (non-hydrogen) atoms. The van der Waals surface area contributed by atoms with Gasteiger partial charge in [-0.3, -0.25) is 0 Å². The fourth-order valence-corrected chi connectivity index (χ4v) is 28.4. The van der Waals surface area contributed by atoms with Crippen molar-refractivity contribution < 1.29 is 18.0 Å². The first-order valence-corrected chi connectivity index (χ1v) is 26.3. The van der Waals surface area contributed by atoms with E-state index in [1.165, 1.54) is 22.3 Å². The van der Waals surface area contributed by atoms with E-state index in [9.17, 15) is 0 Å². The van der Waals surface area contributed by atoms with Gasteiger partial charge in [-0.1, -0.05) is 0 Å². The van der Waals surface area contributed by atoms with Crippen molar-refractivity contribution in [2.24, 2.45) is 0 Å². The van der Waals surface area contributed by atoms with Gasteiger partial charge < -0.3 is 0 Å². The Balaban J connectivity index is 2.10. The van der Waals surface area contributed by atoms with E-state index in [1.807, 2.05) is 0 Å². The molecule has 0 saturated carbocycles. The molecule has 0 spiro atoms. The molecule has 2 aliphatic carbocycles. The van der Waals surface area contributed by atoms with Gasteiger partial charge in [-0.25, -0.2) is 0 Å². The van der Waals surface area contributed by atoms with Gasteiger partial charge in [0.1, 0.15) is 0 Å². The molecule has 0 bridgehead atoms. The number of benzene rings is 2. The number of fused-ring (bicyclic) bond motifs is 3. The van der Waals surface area contributed by atoms with Gasteiger partial charge in [0.05, 0.1) is 0 Å². The van der Waals surface area contributed by atoms with E-state index in [4.69, 9.17) is 0 Å². The predicted octanol–water partition coefficient (Wildman–Crippen LogP) is 9.34. The van der Waals surface area contributed by atoms with E-state index < -0.39 is 18.0 Å². The summed E-state index contributed by atoms with van der Waals surface area (Å²) in [7, 11) is 0. The van der Waals surface area contributed by atoms with Gasteiger partial charge in [-0.05, 0) is 0 Å². The van der Waals surface area contributed by atoms with Crippen molar-refractivity contribution in [1.82, 2.24) is 0 Å². The summed E-state index contributed by atoms with van der Waals surface area (Å²) in [5.74, 6) is 0. The fraction of sp³-hybridized carbons (Fsp3) is 0.441. The molecule has 2 aromatic carbocycles. The molecule has 186 valence electrons. The van der Waals surface area contributed by atoms with E-state index in [1.54, 1.807) is 17.7 Å². The molecule has 0 amide bonds. The van der Waals surface area contributed by atoms with Gasteiger partial charge in [-0.2, -0.15) is 0 Å². The molecule has 0 atom stereocenters. The Morgan fingerprint density at radius 3 is 2.14 bits per heavy atom. The zero-order valence-corrected chi connectivity index (χ0v) is 27.3. The maximum atomic E-state index is 4.06. The van der Waals surface area contributed by atoms with Crippen LogP contribution in [0, 0.1) is 0 Å². The molecular weight excluding hydrogens is 587 g/mol. The van der Waals surface area contributed by atoms with Crippen molar-refractivity contribution in [3.8, 4) is 11.1 Å². The van der Waals surface area contributed by atoms with E-state index in [-0.39, 0.29) is 10.8 Å². The Labute approximate surface area is 215 Å². The Kier molecular flexibility index (Phi) is 6.62. The van der Waals surface area contributed by atoms with Gasteiger partial charge >= 0.3 is 217 Å². The Morgan fingerprint density at radius 2 is 1.57 bits per heavy atom. The van der Waals surface area contributed by atoms with Crippen LogP contribution in [0.1, 0.15) is 83.6 Å². The van der Waals surface area contributed by atoms with Gasteiger partial charge in [0.15, 0.2) is 0 Å². The third-order valence-electron chi connectivity index (χ3n) is 9.30. The summed E-state index contributed by atoms with van der Waals surface area (Å²) in [6.07, 6.45) is 15.0. The first kappa shape index (κ1) is 26.5. The van der Waals surface area contributed by atoms with E-state index >= 15 is 0 Å². The minimum absolute atomic E-state index is 0.101. The second-order valence-electron chi connectivity index (χ2n) is 14.0. The Morgan fingerprint density at radius 1 is 0.943 bits per heavy atom. The maximum absolute atomic E-state index is 4.06. The monoisotopic (exact) mass is 634 g/mol. The summed E-state index contributed by atoms with van der Waals surface area (Å²) in [5.41, 5.74) is 9.36. The van der Waals surface area contributed by atoms with Gasteiger partial charge in [0.2, 0.25) is 0 Å². The van der Waals surface area contributed by atoms with Crippen LogP contribution in [-0.2, 0) is 35.3 Å². The van der Waals surface area contributed by atoms with Crippen molar-refractivity contribution in [1.29, 1.82) is 0 Å². The number of hydrogen-bond donors (Lipinski definition) is 0. The van der Waals surface area contributed by atoms with Crippen LogP contribution < -0.4 is 3.32 Å². The van der Waals surface area contributed by atoms with Crippen molar-refractivity contribution in [3.05, 3.63) is 89.5 Å². The molecule has 0 aromatic heterocycles. The van der Waals surface area contributed by atoms with Crippen LogP contribution in [0.5, 0.6) is 0 Å². The summed E-state index contributed by atoms with van der Waals surface area (Å²) >= 11 is -3.91. The fourth-order valence-electron chi connectivity index (χ4n) is 6.62. The summed E-state index contributed by atoms with van der Waals surface area (Å²) in [4.78, 5) is 0. The van der Waals surface area contributed by atoms with Crippen molar-refractivity contribution in [2.45, 2.75) is 91.6 Å². The van der Waals surface area contributed by atoms with Gasteiger partial charge in [0, 0.05) is 0 Å². The average molecular weight is 633 g/mol. The van der Waals surface area contributed by atoms with Crippen molar-refractivity contribution in [2.75, 3.05) is 0 Å². The van der Waals surface area contributed by atoms with Crippen molar-refractivity contribution >= 4 is 6.58 Å². The number of allylic oxidation sites excluding steroid dienone is 5. The first-order valence-electron chi connectivity index (χ1n) is 13.5. The van der Waals surface area contributed by atoms with E-state index in [0.29, 0.717) is 3.67 Å². The van der Waals surface area contributed by atoms with Gasteiger partial charge in [-0.15, -0.1) is 0 Å². The Bertz CT molecular complexity index is 1290. The molecule has 0 fully saturated rings. The SMILES string of the molecule is C=CCC[C](C)=[Hf]([CH3])([CH3])([c]1c(C(C)(C)C)ccc2c1Cc1cc(C(C)(C)C)ccc1-2)[CH]1C=CC=C1. The molecule has 2 aromatic rings. The molecule has 1 heteroatoms. The third kappa shape index (κ3) is 4.30. The predicted molar refractivity (Wildman–Crippen MR) is 156 cm³/mol. The molecule has 0 radical (unpaired) electrons. The van der Waals surface area contributed by atoms with Gasteiger partial charge in [0.25, 0.3) is 0 Å². The van der Waals surface area contributed by atoms with E-state index in [2.05, 4.69) is 125 Å². The molecule has 2 aliphatic rings. The molecular formula is C34H46Hf. The zero-order chi connectivity index (χ0) is 25.8. The molecule has 4 rings (SSSR count). The molecule has 0 N–H and O–H groups in total. The van der Waals surface area contributed by atoms with E-state index in [0.717, 1.165) is 19.3 Å². The summed E-state index contributed by atoms with van der Waals surface area (Å²) < 4.78 is 9.55. The second kappa shape index (κ2) is 8.76. The van der Waals surface area contributed by atoms with Crippen LogP contribution in [0.25, 0.3) is 11.1 Å². The van der Waals surface area contributed by atoms with Crippen molar-refractivity contribution in [3.63, 3.8) is 0 Å². The minimum atomic E-state index is -3.91. The van der Waals surface area contributed by atoms with Crippen LogP contribution >= 0.6 is 0 Å². The van der Waals surface area contributed by atoms with Crippen LogP contribution in [-0.4, -0.2) is 3.26 Å². The normalized spacial score (nSPS) is 15.9. The average Bonchev–Trinajstić information content (AvgIpc) is 3.43. The molecule has 0 unspecified atom stereocenters.